The first kappa shape index (κ1) is 15.4. The van der Waals surface area contributed by atoms with E-state index in [0.29, 0.717) is 17.7 Å². The third-order valence-electron chi connectivity index (χ3n) is 4.15. The lowest BCUT2D eigenvalue weighted by molar-refractivity contribution is -0.119. The van der Waals surface area contributed by atoms with Gasteiger partial charge in [0.2, 0.25) is 5.91 Å². The smallest absolute Gasteiger partial charge is 0.230 e. The van der Waals surface area contributed by atoms with E-state index >= 15 is 0 Å². The van der Waals surface area contributed by atoms with Crippen molar-refractivity contribution >= 4 is 17.7 Å². The number of amides is 1. The van der Waals surface area contributed by atoms with Crippen molar-refractivity contribution in [3.63, 3.8) is 0 Å². The van der Waals surface area contributed by atoms with Crippen LogP contribution in [-0.2, 0) is 4.79 Å². The molecule has 1 aliphatic carbocycles. The number of carbonyl (C=O) groups is 1. The number of hydrogen-bond donors (Lipinski definition) is 1. The molecule has 2 atom stereocenters. The summed E-state index contributed by atoms with van der Waals surface area (Å²) in [4.78, 5) is 13.3. The summed E-state index contributed by atoms with van der Waals surface area (Å²) in [5.74, 6) is 1.32. The van der Waals surface area contributed by atoms with E-state index < -0.39 is 0 Å². The lowest BCUT2D eigenvalue weighted by Gasteiger charge is -2.29. The lowest BCUT2D eigenvalue weighted by Crippen LogP contribution is -2.41. The summed E-state index contributed by atoms with van der Waals surface area (Å²) < 4.78 is 0. The Morgan fingerprint density at radius 2 is 2.05 bits per heavy atom. The summed E-state index contributed by atoms with van der Waals surface area (Å²) in [6, 6.07) is 6.78. The molecule has 0 bridgehead atoms. The zero-order valence-corrected chi connectivity index (χ0v) is 13.6. The van der Waals surface area contributed by atoms with Crippen molar-refractivity contribution in [3.05, 3.63) is 29.3 Å². The second-order valence-electron chi connectivity index (χ2n) is 5.99. The summed E-state index contributed by atoms with van der Waals surface area (Å²) in [7, 11) is 0. The van der Waals surface area contributed by atoms with E-state index in [4.69, 9.17) is 0 Å². The molecule has 1 aromatic carbocycles. The molecular formula is C17H25NOS. The van der Waals surface area contributed by atoms with Gasteiger partial charge in [0.15, 0.2) is 0 Å². The molecule has 2 rings (SSSR count). The van der Waals surface area contributed by atoms with Crippen LogP contribution in [0, 0.1) is 19.8 Å². The SMILES string of the molecule is Cc1ccc(SCC(=O)N[C@H]2CCCC[C@@H]2C)c(C)c1. The molecule has 20 heavy (non-hydrogen) atoms. The van der Waals surface area contributed by atoms with Crippen LogP contribution >= 0.6 is 11.8 Å². The monoisotopic (exact) mass is 291 g/mol. The molecule has 0 aromatic heterocycles. The van der Waals surface area contributed by atoms with Crippen LogP contribution in [0.25, 0.3) is 0 Å². The van der Waals surface area contributed by atoms with E-state index in [0.717, 1.165) is 6.42 Å². The largest absolute Gasteiger partial charge is 0.352 e. The minimum absolute atomic E-state index is 0.175. The van der Waals surface area contributed by atoms with Gasteiger partial charge in [0.05, 0.1) is 5.75 Å². The zero-order valence-electron chi connectivity index (χ0n) is 12.7. The first-order valence-electron chi connectivity index (χ1n) is 7.55. The highest BCUT2D eigenvalue weighted by molar-refractivity contribution is 8.00. The van der Waals surface area contributed by atoms with Crippen molar-refractivity contribution in [2.45, 2.75) is 57.4 Å². The van der Waals surface area contributed by atoms with Crippen LogP contribution in [0.3, 0.4) is 0 Å². The molecule has 0 unspecified atom stereocenters. The normalized spacial score (nSPS) is 22.6. The number of benzene rings is 1. The maximum atomic E-state index is 12.1. The van der Waals surface area contributed by atoms with Gasteiger partial charge in [-0.15, -0.1) is 11.8 Å². The second kappa shape index (κ2) is 7.16. The highest BCUT2D eigenvalue weighted by Gasteiger charge is 2.22. The van der Waals surface area contributed by atoms with Crippen LogP contribution in [0.5, 0.6) is 0 Å². The van der Waals surface area contributed by atoms with E-state index in [1.165, 1.54) is 35.3 Å². The average Bonchev–Trinajstić information content (AvgIpc) is 2.40. The Morgan fingerprint density at radius 3 is 2.75 bits per heavy atom. The van der Waals surface area contributed by atoms with Gasteiger partial charge < -0.3 is 5.32 Å². The van der Waals surface area contributed by atoms with Crippen LogP contribution in [0.15, 0.2) is 23.1 Å². The molecular weight excluding hydrogens is 266 g/mol. The Morgan fingerprint density at radius 1 is 1.30 bits per heavy atom. The van der Waals surface area contributed by atoms with Crippen LogP contribution < -0.4 is 5.32 Å². The summed E-state index contributed by atoms with van der Waals surface area (Å²) >= 11 is 1.64. The van der Waals surface area contributed by atoms with E-state index in [1.54, 1.807) is 11.8 Å². The Bertz CT molecular complexity index is 472. The zero-order chi connectivity index (χ0) is 14.5. The number of rotatable bonds is 4. The van der Waals surface area contributed by atoms with E-state index in [-0.39, 0.29) is 5.91 Å². The fraction of sp³-hybridized carbons (Fsp3) is 0.588. The summed E-state index contributed by atoms with van der Waals surface area (Å²) in [5, 5.41) is 3.21. The van der Waals surface area contributed by atoms with Crippen molar-refractivity contribution in [3.8, 4) is 0 Å². The van der Waals surface area contributed by atoms with Gasteiger partial charge in [0.25, 0.3) is 0 Å². The number of hydrogen-bond acceptors (Lipinski definition) is 2. The Kier molecular flexibility index (Phi) is 5.53. The molecule has 0 saturated heterocycles. The fourth-order valence-corrected chi connectivity index (χ4v) is 3.70. The van der Waals surface area contributed by atoms with Crippen molar-refractivity contribution in [2.75, 3.05) is 5.75 Å². The molecule has 0 heterocycles. The van der Waals surface area contributed by atoms with Crippen LogP contribution in [0.4, 0.5) is 0 Å². The minimum Gasteiger partial charge on any atom is -0.352 e. The van der Waals surface area contributed by atoms with E-state index in [9.17, 15) is 4.79 Å². The molecule has 0 radical (unpaired) electrons. The molecule has 1 aromatic rings. The Hall–Kier alpha value is -0.960. The minimum atomic E-state index is 0.175. The van der Waals surface area contributed by atoms with Crippen LogP contribution in [0.1, 0.15) is 43.7 Å². The van der Waals surface area contributed by atoms with Crippen LogP contribution in [-0.4, -0.2) is 17.7 Å². The van der Waals surface area contributed by atoms with Crippen molar-refractivity contribution in [1.29, 1.82) is 0 Å². The van der Waals surface area contributed by atoms with Crippen LogP contribution in [0.2, 0.25) is 0 Å². The molecule has 3 heteroatoms. The maximum Gasteiger partial charge on any atom is 0.230 e. The first-order chi connectivity index (χ1) is 9.56. The van der Waals surface area contributed by atoms with Crippen molar-refractivity contribution < 1.29 is 4.79 Å². The second-order valence-corrected chi connectivity index (χ2v) is 7.01. The molecule has 0 aliphatic heterocycles. The predicted molar refractivity (Wildman–Crippen MR) is 86.2 cm³/mol. The van der Waals surface area contributed by atoms with Gasteiger partial charge in [-0.3, -0.25) is 4.79 Å². The number of nitrogens with one attached hydrogen (secondary N) is 1. The Balaban J connectivity index is 1.82. The highest BCUT2D eigenvalue weighted by atomic mass is 32.2. The van der Waals surface area contributed by atoms with Gasteiger partial charge in [0.1, 0.15) is 0 Å². The summed E-state index contributed by atoms with van der Waals surface area (Å²) in [6.07, 6.45) is 4.95. The number of thioether (sulfide) groups is 1. The molecule has 1 fully saturated rings. The Labute approximate surface area is 126 Å². The standard InChI is InChI=1S/C17H25NOS/c1-12-8-9-16(14(3)10-12)20-11-17(19)18-15-7-5-4-6-13(15)2/h8-10,13,15H,4-7,11H2,1-3H3,(H,18,19)/t13-,15-/m0/s1. The van der Waals surface area contributed by atoms with Crippen molar-refractivity contribution in [2.24, 2.45) is 5.92 Å². The topological polar surface area (TPSA) is 29.1 Å². The van der Waals surface area contributed by atoms with E-state index in [2.05, 4.69) is 44.3 Å². The molecule has 1 amide bonds. The molecule has 1 saturated carbocycles. The number of carbonyl (C=O) groups excluding carboxylic acids is 1. The van der Waals surface area contributed by atoms with Gasteiger partial charge in [-0.05, 0) is 44.2 Å². The lowest BCUT2D eigenvalue weighted by atomic mass is 9.86. The van der Waals surface area contributed by atoms with Crippen molar-refractivity contribution in [1.82, 2.24) is 5.32 Å². The summed E-state index contributed by atoms with van der Waals surface area (Å²) in [5.41, 5.74) is 2.53. The third kappa shape index (κ3) is 4.27. The van der Waals surface area contributed by atoms with E-state index in [1.807, 2.05) is 0 Å². The first-order valence-corrected chi connectivity index (χ1v) is 8.54. The summed E-state index contributed by atoms with van der Waals surface area (Å²) in [6.45, 7) is 6.45. The molecule has 110 valence electrons. The van der Waals surface area contributed by atoms with Gasteiger partial charge in [-0.1, -0.05) is 37.5 Å². The quantitative estimate of drug-likeness (QED) is 0.847. The third-order valence-corrected chi connectivity index (χ3v) is 5.32. The highest BCUT2D eigenvalue weighted by Crippen LogP contribution is 2.25. The molecule has 1 aliphatic rings. The predicted octanol–water partition coefficient (Wildman–Crippen LogP) is 4.09. The fourth-order valence-electron chi connectivity index (χ4n) is 2.88. The van der Waals surface area contributed by atoms with Gasteiger partial charge in [-0.25, -0.2) is 0 Å². The van der Waals surface area contributed by atoms with Gasteiger partial charge >= 0.3 is 0 Å². The maximum absolute atomic E-state index is 12.1. The number of aryl methyl sites for hydroxylation is 2. The molecule has 2 nitrogen and oxygen atoms in total. The molecule has 0 spiro atoms. The average molecular weight is 291 g/mol. The van der Waals surface area contributed by atoms with Gasteiger partial charge in [-0.2, -0.15) is 0 Å². The molecule has 1 N–H and O–H groups in total. The van der Waals surface area contributed by atoms with Gasteiger partial charge in [0, 0.05) is 10.9 Å².